The molecule has 1 saturated heterocycles. The fraction of sp³-hybridized carbons (Fsp3) is 0.526. The van der Waals surface area contributed by atoms with Crippen molar-refractivity contribution in [3.63, 3.8) is 0 Å². The topological polar surface area (TPSA) is 71.2 Å². The van der Waals surface area contributed by atoms with Crippen LogP contribution in [0.15, 0.2) is 30.6 Å². The van der Waals surface area contributed by atoms with E-state index in [1.54, 1.807) is 12.3 Å². The van der Waals surface area contributed by atoms with Gasteiger partial charge in [0.1, 0.15) is 0 Å². The van der Waals surface area contributed by atoms with Gasteiger partial charge in [-0.1, -0.05) is 12.5 Å². The number of likely N-dealkylation sites (tertiary alicyclic amines) is 1. The maximum Gasteiger partial charge on any atom is 0.356 e. The molecule has 132 valence electrons. The van der Waals surface area contributed by atoms with Crippen molar-refractivity contribution in [2.45, 2.75) is 50.6 Å². The van der Waals surface area contributed by atoms with E-state index in [-0.39, 0.29) is 5.69 Å². The van der Waals surface area contributed by atoms with Crippen LogP contribution < -0.4 is 0 Å². The third-order valence-electron chi connectivity index (χ3n) is 5.54. The van der Waals surface area contributed by atoms with Crippen LogP contribution in [-0.4, -0.2) is 43.8 Å². The van der Waals surface area contributed by atoms with E-state index in [0.29, 0.717) is 12.0 Å². The minimum Gasteiger partial charge on any atom is -0.476 e. The molecule has 0 atom stereocenters. The lowest BCUT2D eigenvalue weighted by Gasteiger charge is -2.32. The molecule has 6 heteroatoms. The number of hydrogen-bond donors (Lipinski definition) is 1. The standard InChI is InChI=1S/C19H24N4O2/c24-19(25)18-8-11-23(21-18)16-6-9-22(10-7-16)13-14-4-5-17(20-12-14)15-2-1-3-15/h4-5,8,11-12,15-16H,1-3,6-7,9-10,13H2,(H,24,25). The number of aromatic carboxylic acids is 1. The van der Waals surface area contributed by atoms with Gasteiger partial charge in [0.2, 0.25) is 0 Å². The van der Waals surface area contributed by atoms with E-state index in [1.807, 2.05) is 10.9 Å². The van der Waals surface area contributed by atoms with Gasteiger partial charge in [0, 0.05) is 43.6 Å². The molecule has 2 fully saturated rings. The Morgan fingerprint density at radius 1 is 1.16 bits per heavy atom. The fourth-order valence-electron chi connectivity index (χ4n) is 3.73. The summed E-state index contributed by atoms with van der Waals surface area (Å²) < 4.78 is 1.82. The molecule has 1 saturated carbocycles. The van der Waals surface area contributed by atoms with E-state index in [2.05, 4.69) is 27.1 Å². The summed E-state index contributed by atoms with van der Waals surface area (Å²) in [7, 11) is 0. The normalized spacial score (nSPS) is 19.7. The second-order valence-corrected chi connectivity index (χ2v) is 7.21. The van der Waals surface area contributed by atoms with E-state index >= 15 is 0 Å². The summed E-state index contributed by atoms with van der Waals surface area (Å²) in [5, 5.41) is 13.2. The van der Waals surface area contributed by atoms with Crippen LogP contribution in [0, 0.1) is 0 Å². The molecule has 6 nitrogen and oxygen atoms in total. The van der Waals surface area contributed by atoms with Crippen LogP contribution in [0.5, 0.6) is 0 Å². The Hall–Kier alpha value is -2.21. The Kier molecular flexibility index (Phi) is 4.53. The second kappa shape index (κ2) is 6.96. The number of hydrogen-bond acceptors (Lipinski definition) is 4. The predicted octanol–water partition coefficient (Wildman–Crippen LogP) is 3.08. The molecule has 0 amide bonds. The average Bonchev–Trinajstić information content (AvgIpc) is 3.06. The monoisotopic (exact) mass is 340 g/mol. The van der Waals surface area contributed by atoms with E-state index in [4.69, 9.17) is 5.11 Å². The molecule has 1 aliphatic heterocycles. The van der Waals surface area contributed by atoms with Crippen molar-refractivity contribution in [1.29, 1.82) is 0 Å². The summed E-state index contributed by atoms with van der Waals surface area (Å²) in [6.07, 6.45) is 9.73. The van der Waals surface area contributed by atoms with Crippen LogP contribution in [-0.2, 0) is 6.54 Å². The first kappa shape index (κ1) is 16.3. The fourth-order valence-corrected chi connectivity index (χ4v) is 3.73. The zero-order valence-electron chi connectivity index (χ0n) is 14.3. The van der Waals surface area contributed by atoms with Crippen LogP contribution in [0.3, 0.4) is 0 Å². The molecular weight excluding hydrogens is 316 g/mol. The van der Waals surface area contributed by atoms with Crippen molar-refractivity contribution < 1.29 is 9.90 Å². The van der Waals surface area contributed by atoms with Gasteiger partial charge in [0.25, 0.3) is 0 Å². The quantitative estimate of drug-likeness (QED) is 0.906. The Bertz CT molecular complexity index is 728. The molecule has 2 aliphatic rings. The molecule has 2 aromatic heterocycles. The first-order valence-electron chi connectivity index (χ1n) is 9.14. The second-order valence-electron chi connectivity index (χ2n) is 7.21. The molecule has 1 N–H and O–H groups in total. The van der Waals surface area contributed by atoms with Gasteiger partial charge >= 0.3 is 5.97 Å². The largest absolute Gasteiger partial charge is 0.476 e. The van der Waals surface area contributed by atoms with Crippen molar-refractivity contribution in [3.05, 3.63) is 47.5 Å². The molecule has 0 bridgehead atoms. The SMILES string of the molecule is O=C(O)c1ccn(C2CCN(Cc3ccc(C4CCC4)nc3)CC2)n1. The lowest BCUT2D eigenvalue weighted by Crippen LogP contribution is -2.34. The van der Waals surface area contributed by atoms with Crippen LogP contribution in [0.2, 0.25) is 0 Å². The summed E-state index contributed by atoms with van der Waals surface area (Å²) in [5.74, 6) is -0.274. The van der Waals surface area contributed by atoms with Gasteiger partial charge in [-0.25, -0.2) is 4.79 Å². The third kappa shape index (κ3) is 3.58. The number of rotatable bonds is 5. The maximum absolute atomic E-state index is 11.0. The Labute approximate surface area is 147 Å². The highest BCUT2D eigenvalue weighted by molar-refractivity contribution is 5.85. The molecule has 0 aromatic carbocycles. The van der Waals surface area contributed by atoms with Gasteiger partial charge in [0.05, 0.1) is 6.04 Å². The van der Waals surface area contributed by atoms with Gasteiger partial charge in [0.15, 0.2) is 5.69 Å². The molecule has 25 heavy (non-hydrogen) atoms. The van der Waals surface area contributed by atoms with E-state index in [1.165, 1.54) is 30.5 Å². The number of nitrogens with zero attached hydrogens (tertiary/aromatic N) is 4. The van der Waals surface area contributed by atoms with E-state index in [0.717, 1.165) is 32.5 Å². The van der Waals surface area contributed by atoms with Crippen molar-refractivity contribution in [3.8, 4) is 0 Å². The zero-order valence-corrected chi connectivity index (χ0v) is 14.3. The molecule has 0 spiro atoms. The van der Waals surface area contributed by atoms with Gasteiger partial charge < -0.3 is 5.11 Å². The first-order chi connectivity index (χ1) is 12.2. The van der Waals surface area contributed by atoms with Gasteiger partial charge in [-0.05, 0) is 43.4 Å². The Morgan fingerprint density at radius 3 is 2.52 bits per heavy atom. The molecule has 3 heterocycles. The number of pyridine rings is 1. The summed E-state index contributed by atoms with van der Waals surface area (Å²) in [5.41, 5.74) is 2.65. The van der Waals surface area contributed by atoms with Crippen LogP contribution in [0.4, 0.5) is 0 Å². The maximum atomic E-state index is 11.0. The van der Waals surface area contributed by atoms with E-state index < -0.39 is 5.97 Å². The molecule has 1 aliphatic carbocycles. The first-order valence-corrected chi connectivity index (χ1v) is 9.14. The summed E-state index contributed by atoms with van der Waals surface area (Å²) in [6.45, 7) is 2.93. The molecule has 0 radical (unpaired) electrons. The molecule has 4 rings (SSSR count). The number of piperidine rings is 1. The zero-order chi connectivity index (χ0) is 17.2. The van der Waals surface area contributed by atoms with Crippen molar-refractivity contribution >= 4 is 5.97 Å². The van der Waals surface area contributed by atoms with Gasteiger partial charge in [-0.3, -0.25) is 14.6 Å². The Morgan fingerprint density at radius 2 is 1.96 bits per heavy atom. The lowest BCUT2D eigenvalue weighted by molar-refractivity contribution is 0.0688. The smallest absolute Gasteiger partial charge is 0.356 e. The summed E-state index contributed by atoms with van der Waals surface area (Å²) in [6, 6.07) is 6.29. The van der Waals surface area contributed by atoms with Crippen molar-refractivity contribution in [1.82, 2.24) is 19.7 Å². The van der Waals surface area contributed by atoms with Crippen LogP contribution in [0.25, 0.3) is 0 Å². The molecule has 0 unspecified atom stereocenters. The summed E-state index contributed by atoms with van der Waals surface area (Å²) >= 11 is 0. The van der Waals surface area contributed by atoms with Crippen molar-refractivity contribution in [2.75, 3.05) is 13.1 Å². The molecular formula is C19H24N4O2. The minimum absolute atomic E-state index is 0.125. The highest BCUT2D eigenvalue weighted by Crippen LogP contribution is 2.35. The highest BCUT2D eigenvalue weighted by Gasteiger charge is 2.23. The van der Waals surface area contributed by atoms with Crippen LogP contribution >= 0.6 is 0 Å². The third-order valence-corrected chi connectivity index (χ3v) is 5.54. The lowest BCUT2D eigenvalue weighted by atomic mass is 9.82. The average molecular weight is 340 g/mol. The minimum atomic E-state index is -0.964. The number of carboxylic acid groups (broad SMARTS) is 1. The van der Waals surface area contributed by atoms with Gasteiger partial charge in [-0.15, -0.1) is 0 Å². The number of carbonyl (C=O) groups is 1. The predicted molar refractivity (Wildman–Crippen MR) is 93.6 cm³/mol. The van der Waals surface area contributed by atoms with Crippen LogP contribution in [0.1, 0.15) is 65.8 Å². The van der Waals surface area contributed by atoms with E-state index in [9.17, 15) is 4.79 Å². The number of carboxylic acids is 1. The van der Waals surface area contributed by atoms with Gasteiger partial charge in [-0.2, -0.15) is 5.10 Å². The van der Waals surface area contributed by atoms with Crippen molar-refractivity contribution in [2.24, 2.45) is 0 Å². The Balaban J connectivity index is 1.30. The highest BCUT2D eigenvalue weighted by atomic mass is 16.4. The summed E-state index contributed by atoms with van der Waals surface area (Å²) in [4.78, 5) is 18.0. The number of aromatic nitrogens is 3. The molecule has 2 aromatic rings.